The number of ether oxygens (including phenoxy) is 1. The fourth-order valence-electron chi connectivity index (χ4n) is 0.964. The van der Waals surface area contributed by atoms with E-state index in [1.165, 1.54) is 0 Å². The summed E-state index contributed by atoms with van der Waals surface area (Å²) in [5.41, 5.74) is 0.952. The number of hydrogen-bond acceptors (Lipinski definition) is 3. The van der Waals surface area contributed by atoms with Gasteiger partial charge in [0, 0.05) is 11.8 Å². The minimum atomic E-state index is 0.682. The Morgan fingerprint density at radius 3 is 2.67 bits per heavy atom. The standard InChI is InChI=1S/C9H14N2O/c1-4-5-12-9-6-7(2)10-8(3)11-9/h6H,4-5H2,1-3H3. The van der Waals surface area contributed by atoms with Crippen molar-refractivity contribution in [2.45, 2.75) is 27.2 Å². The maximum absolute atomic E-state index is 5.37. The molecular formula is C9H14N2O. The quantitative estimate of drug-likeness (QED) is 0.687. The van der Waals surface area contributed by atoms with Crippen LogP contribution in [0.1, 0.15) is 24.9 Å². The van der Waals surface area contributed by atoms with Gasteiger partial charge in [-0.25, -0.2) is 4.98 Å². The number of nitrogens with zero attached hydrogens (tertiary/aromatic N) is 2. The molecule has 0 aliphatic rings. The molecule has 3 heteroatoms. The summed E-state index contributed by atoms with van der Waals surface area (Å²) in [5.74, 6) is 1.45. The third-order valence-corrected chi connectivity index (χ3v) is 1.40. The highest BCUT2D eigenvalue weighted by atomic mass is 16.5. The Kier molecular flexibility index (Phi) is 3.02. The molecule has 0 fully saturated rings. The second kappa shape index (κ2) is 4.04. The minimum Gasteiger partial charge on any atom is -0.478 e. The summed E-state index contributed by atoms with van der Waals surface area (Å²) in [7, 11) is 0. The molecular weight excluding hydrogens is 152 g/mol. The molecule has 0 aromatic carbocycles. The van der Waals surface area contributed by atoms with E-state index < -0.39 is 0 Å². The first-order chi connectivity index (χ1) is 5.72. The van der Waals surface area contributed by atoms with Gasteiger partial charge in [0.05, 0.1) is 6.61 Å². The molecule has 0 aliphatic heterocycles. The highest BCUT2D eigenvalue weighted by molar-refractivity contribution is 5.14. The van der Waals surface area contributed by atoms with Crippen LogP contribution in [-0.2, 0) is 0 Å². The van der Waals surface area contributed by atoms with E-state index in [1.807, 2.05) is 19.9 Å². The molecule has 3 nitrogen and oxygen atoms in total. The summed E-state index contributed by atoms with van der Waals surface area (Å²) in [6, 6.07) is 1.85. The van der Waals surface area contributed by atoms with Crippen molar-refractivity contribution in [3.05, 3.63) is 17.6 Å². The van der Waals surface area contributed by atoms with Gasteiger partial charge in [0.2, 0.25) is 5.88 Å². The summed E-state index contributed by atoms with van der Waals surface area (Å²) < 4.78 is 5.37. The van der Waals surface area contributed by atoms with Gasteiger partial charge in [-0.15, -0.1) is 0 Å². The van der Waals surface area contributed by atoms with E-state index in [4.69, 9.17) is 4.74 Å². The first-order valence-electron chi connectivity index (χ1n) is 4.17. The first kappa shape index (κ1) is 8.97. The molecule has 12 heavy (non-hydrogen) atoms. The van der Waals surface area contributed by atoms with Gasteiger partial charge in [0.15, 0.2) is 0 Å². The van der Waals surface area contributed by atoms with Crippen LogP contribution in [0.4, 0.5) is 0 Å². The SMILES string of the molecule is CCCOc1cc(C)nc(C)n1. The largest absolute Gasteiger partial charge is 0.478 e. The zero-order chi connectivity index (χ0) is 8.97. The van der Waals surface area contributed by atoms with Crippen LogP contribution in [0.2, 0.25) is 0 Å². The van der Waals surface area contributed by atoms with Gasteiger partial charge in [0.1, 0.15) is 5.82 Å². The smallest absolute Gasteiger partial charge is 0.216 e. The second-order valence-electron chi connectivity index (χ2n) is 2.74. The van der Waals surface area contributed by atoms with Crippen LogP contribution < -0.4 is 4.74 Å². The number of aromatic nitrogens is 2. The van der Waals surface area contributed by atoms with Gasteiger partial charge < -0.3 is 4.74 Å². The Balaban J connectivity index is 2.72. The number of aryl methyl sites for hydroxylation is 2. The van der Waals surface area contributed by atoms with Crippen molar-refractivity contribution in [2.75, 3.05) is 6.61 Å². The Morgan fingerprint density at radius 1 is 1.33 bits per heavy atom. The molecule has 0 amide bonds. The molecule has 0 N–H and O–H groups in total. The molecule has 0 bridgehead atoms. The zero-order valence-electron chi connectivity index (χ0n) is 7.79. The lowest BCUT2D eigenvalue weighted by molar-refractivity contribution is 0.303. The summed E-state index contributed by atoms with van der Waals surface area (Å²) >= 11 is 0. The van der Waals surface area contributed by atoms with Crippen molar-refractivity contribution in [1.29, 1.82) is 0 Å². The average molecular weight is 166 g/mol. The Hall–Kier alpha value is -1.12. The Bertz CT molecular complexity index is 240. The Morgan fingerprint density at radius 2 is 2.08 bits per heavy atom. The molecule has 1 rings (SSSR count). The molecule has 1 aromatic rings. The molecule has 1 aromatic heterocycles. The van der Waals surface area contributed by atoms with Gasteiger partial charge >= 0.3 is 0 Å². The van der Waals surface area contributed by atoms with Crippen molar-refractivity contribution in [2.24, 2.45) is 0 Å². The van der Waals surface area contributed by atoms with Crippen LogP contribution in [0.3, 0.4) is 0 Å². The van der Waals surface area contributed by atoms with Gasteiger partial charge in [-0.05, 0) is 20.3 Å². The highest BCUT2D eigenvalue weighted by Gasteiger charge is 1.97. The second-order valence-corrected chi connectivity index (χ2v) is 2.74. The molecule has 0 unspecified atom stereocenters. The van der Waals surface area contributed by atoms with Crippen LogP contribution in [0.15, 0.2) is 6.07 Å². The van der Waals surface area contributed by atoms with Gasteiger partial charge in [-0.2, -0.15) is 4.98 Å². The molecule has 66 valence electrons. The summed E-state index contributed by atoms with van der Waals surface area (Å²) in [5, 5.41) is 0. The van der Waals surface area contributed by atoms with Crippen LogP contribution in [0, 0.1) is 13.8 Å². The molecule has 0 aliphatic carbocycles. The third kappa shape index (κ3) is 2.49. The summed E-state index contributed by atoms with van der Waals surface area (Å²) in [4.78, 5) is 8.29. The molecule has 0 saturated carbocycles. The number of hydrogen-bond donors (Lipinski definition) is 0. The monoisotopic (exact) mass is 166 g/mol. The van der Waals surface area contributed by atoms with Crippen molar-refractivity contribution in [3.63, 3.8) is 0 Å². The molecule has 1 heterocycles. The van der Waals surface area contributed by atoms with Gasteiger partial charge in [-0.1, -0.05) is 6.92 Å². The lowest BCUT2D eigenvalue weighted by atomic mass is 10.4. The highest BCUT2D eigenvalue weighted by Crippen LogP contribution is 2.08. The van der Waals surface area contributed by atoms with E-state index in [0.29, 0.717) is 5.88 Å². The van der Waals surface area contributed by atoms with E-state index in [1.54, 1.807) is 0 Å². The van der Waals surface area contributed by atoms with Crippen LogP contribution in [0.25, 0.3) is 0 Å². The predicted molar refractivity (Wildman–Crippen MR) is 47.3 cm³/mol. The van der Waals surface area contributed by atoms with E-state index >= 15 is 0 Å². The fourth-order valence-corrected chi connectivity index (χ4v) is 0.964. The lowest BCUT2D eigenvalue weighted by Gasteiger charge is -2.04. The molecule has 0 atom stereocenters. The van der Waals surface area contributed by atoms with Crippen LogP contribution in [-0.4, -0.2) is 16.6 Å². The maximum Gasteiger partial charge on any atom is 0.216 e. The fraction of sp³-hybridized carbons (Fsp3) is 0.556. The Labute approximate surface area is 72.8 Å². The van der Waals surface area contributed by atoms with Crippen molar-refractivity contribution in [1.82, 2.24) is 9.97 Å². The average Bonchev–Trinajstić information content (AvgIpc) is 1.99. The summed E-state index contributed by atoms with van der Waals surface area (Å²) in [6.45, 7) is 6.59. The predicted octanol–water partition coefficient (Wildman–Crippen LogP) is 1.88. The first-order valence-corrected chi connectivity index (χ1v) is 4.17. The van der Waals surface area contributed by atoms with Gasteiger partial charge in [0.25, 0.3) is 0 Å². The topological polar surface area (TPSA) is 35.0 Å². The van der Waals surface area contributed by atoms with Crippen LogP contribution >= 0.6 is 0 Å². The van der Waals surface area contributed by atoms with E-state index in [0.717, 1.165) is 24.5 Å². The normalized spacial score (nSPS) is 9.92. The third-order valence-electron chi connectivity index (χ3n) is 1.40. The van der Waals surface area contributed by atoms with Gasteiger partial charge in [-0.3, -0.25) is 0 Å². The lowest BCUT2D eigenvalue weighted by Crippen LogP contribution is -2.00. The zero-order valence-corrected chi connectivity index (χ0v) is 7.79. The van der Waals surface area contributed by atoms with E-state index in [9.17, 15) is 0 Å². The molecule has 0 radical (unpaired) electrons. The van der Waals surface area contributed by atoms with Crippen molar-refractivity contribution in [3.8, 4) is 5.88 Å². The van der Waals surface area contributed by atoms with Crippen molar-refractivity contribution >= 4 is 0 Å². The van der Waals surface area contributed by atoms with E-state index in [2.05, 4.69) is 16.9 Å². The molecule has 0 saturated heterocycles. The maximum atomic E-state index is 5.37. The number of rotatable bonds is 3. The van der Waals surface area contributed by atoms with Crippen molar-refractivity contribution < 1.29 is 4.74 Å². The minimum absolute atomic E-state index is 0.682. The van der Waals surface area contributed by atoms with E-state index in [-0.39, 0.29) is 0 Å². The van der Waals surface area contributed by atoms with Crippen LogP contribution in [0.5, 0.6) is 5.88 Å². The molecule has 0 spiro atoms. The summed E-state index contributed by atoms with van der Waals surface area (Å²) in [6.07, 6.45) is 1.00.